The molecular formula is C7H9ClN2O. The van der Waals surface area contributed by atoms with Crippen LogP contribution in [0.5, 0.6) is 0 Å². The van der Waals surface area contributed by atoms with Gasteiger partial charge in [-0.3, -0.25) is 9.36 Å². The zero-order valence-corrected chi connectivity index (χ0v) is 6.79. The van der Waals surface area contributed by atoms with E-state index in [1.807, 2.05) is 0 Å². The van der Waals surface area contributed by atoms with E-state index >= 15 is 0 Å². The summed E-state index contributed by atoms with van der Waals surface area (Å²) >= 11 is 5.43. The number of rotatable bonds is 3. The van der Waals surface area contributed by atoms with Gasteiger partial charge >= 0.3 is 0 Å². The third-order valence-corrected chi connectivity index (χ3v) is 1.58. The fourth-order valence-corrected chi connectivity index (χ4v) is 0.887. The van der Waals surface area contributed by atoms with Crippen molar-refractivity contribution in [3.05, 3.63) is 18.7 Å². The van der Waals surface area contributed by atoms with Crippen LogP contribution in [0.25, 0.3) is 0 Å². The van der Waals surface area contributed by atoms with Gasteiger partial charge in [0.15, 0.2) is 0 Å². The minimum Gasteiger partial charge on any atom is -0.276 e. The van der Waals surface area contributed by atoms with Crippen molar-refractivity contribution in [3.8, 4) is 0 Å². The molecule has 0 atom stereocenters. The first-order chi connectivity index (χ1) is 5.34. The Morgan fingerprint density at radius 3 is 3.00 bits per heavy atom. The van der Waals surface area contributed by atoms with E-state index in [9.17, 15) is 4.79 Å². The highest BCUT2D eigenvalue weighted by Crippen LogP contribution is 1.96. The molecule has 0 saturated heterocycles. The SMILES string of the molecule is O=C(CCCCl)n1ccnc1. The van der Waals surface area contributed by atoms with Crippen molar-refractivity contribution in [2.45, 2.75) is 12.8 Å². The molecule has 0 amide bonds. The van der Waals surface area contributed by atoms with Gasteiger partial charge in [-0.05, 0) is 6.42 Å². The number of carbonyl (C=O) groups is 1. The number of imidazole rings is 1. The molecule has 0 spiro atoms. The van der Waals surface area contributed by atoms with E-state index in [-0.39, 0.29) is 5.91 Å². The van der Waals surface area contributed by atoms with E-state index in [1.54, 1.807) is 12.4 Å². The van der Waals surface area contributed by atoms with Crippen molar-refractivity contribution < 1.29 is 4.79 Å². The summed E-state index contributed by atoms with van der Waals surface area (Å²) < 4.78 is 1.46. The molecule has 0 aliphatic rings. The molecular weight excluding hydrogens is 164 g/mol. The lowest BCUT2D eigenvalue weighted by atomic mass is 10.3. The average molecular weight is 173 g/mol. The summed E-state index contributed by atoms with van der Waals surface area (Å²) in [5.74, 6) is 0.573. The Morgan fingerprint density at radius 2 is 2.45 bits per heavy atom. The standard InChI is InChI=1S/C7H9ClN2O/c8-3-1-2-7(11)10-5-4-9-6-10/h4-6H,1-3H2. The van der Waals surface area contributed by atoms with Crippen LogP contribution in [0.3, 0.4) is 0 Å². The summed E-state index contributed by atoms with van der Waals surface area (Å²) in [5, 5.41) is 0. The summed E-state index contributed by atoms with van der Waals surface area (Å²) in [5.41, 5.74) is 0. The maximum Gasteiger partial charge on any atom is 0.231 e. The molecule has 11 heavy (non-hydrogen) atoms. The maximum atomic E-state index is 11.1. The van der Waals surface area contributed by atoms with Gasteiger partial charge in [0.2, 0.25) is 5.91 Å². The van der Waals surface area contributed by atoms with Crippen LogP contribution in [0.4, 0.5) is 0 Å². The highest BCUT2D eigenvalue weighted by atomic mass is 35.5. The van der Waals surface area contributed by atoms with Gasteiger partial charge in [0.05, 0.1) is 0 Å². The highest BCUT2D eigenvalue weighted by molar-refractivity contribution is 6.17. The Labute approximate surface area is 70.0 Å². The minimum absolute atomic E-state index is 0.0446. The highest BCUT2D eigenvalue weighted by Gasteiger charge is 2.01. The Morgan fingerprint density at radius 1 is 1.64 bits per heavy atom. The van der Waals surface area contributed by atoms with Crippen molar-refractivity contribution in [1.82, 2.24) is 9.55 Å². The molecule has 0 bridgehead atoms. The third kappa shape index (κ3) is 2.35. The Hall–Kier alpha value is -0.830. The number of hydrogen-bond donors (Lipinski definition) is 0. The monoisotopic (exact) mass is 172 g/mol. The van der Waals surface area contributed by atoms with Crippen molar-refractivity contribution in [2.24, 2.45) is 0 Å². The molecule has 0 N–H and O–H groups in total. The number of carbonyl (C=O) groups excluding carboxylic acids is 1. The van der Waals surface area contributed by atoms with E-state index in [1.165, 1.54) is 10.9 Å². The second-order valence-electron chi connectivity index (χ2n) is 2.16. The van der Waals surface area contributed by atoms with Crippen molar-refractivity contribution in [3.63, 3.8) is 0 Å². The van der Waals surface area contributed by atoms with Gasteiger partial charge in [0.25, 0.3) is 0 Å². The van der Waals surface area contributed by atoms with Crippen LogP contribution in [0, 0.1) is 0 Å². The van der Waals surface area contributed by atoms with Gasteiger partial charge in [0, 0.05) is 24.7 Å². The molecule has 1 heterocycles. The molecule has 1 aromatic heterocycles. The van der Waals surface area contributed by atoms with Crippen LogP contribution in [-0.2, 0) is 0 Å². The molecule has 0 aromatic carbocycles. The second kappa shape index (κ2) is 4.13. The fourth-order valence-electron chi connectivity index (χ4n) is 0.754. The second-order valence-corrected chi connectivity index (χ2v) is 2.53. The molecule has 0 aliphatic carbocycles. The van der Waals surface area contributed by atoms with Crippen LogP contribution in [-0.4, -0.2) is 21.3 Å². The summed E-state index contributed by atoms with van der Waals surface area (Å²) in [6, 6.07) is 0. The first kappa shape index (κ1) is 8.27. The molecule has 4 heteroatoms. The van der Waals surface area contributed by atoms with E-state index in [4.69, 9.17) is 11.6 Å². The molecule has 60 valence electrons. The number of aromatic nitrogens is 2. The van der Waals surface area contributed by atoms with Crippen LogP contribution >= 0.6 is 11.6 Å². The lowest BCUT2D eigenvalue weighted by molar-refractivity contribution is 0.0902. The molecule has 3 nitrogen and oxygen atoms in total. The zero-order chi connectivity index (χ0) is 8.10. The quantitative estimate of drug-likeness (QED) is 0.649. The first-order valence-corrected chi connectivity index (χ1v) is 3.95. The largest absolute Gasteiger partial charge is 0.276 e. The lowest BCUT2D eigenvalue weighted by Crippen LogP contribution is -2.07. The average Bonchev–Trinajstić information content (AvgIpc) is 2.52. The number of halogens is 1. The van der Waals surface area contributed by atoms with Crippen molar-refractivity contribution >= 4 is 17.5 Å². The van der Waals surface area contributed by atoms with Crippen molar-refractivity contribution in [1.29, 1.82) is 0 Å². The van der Waals surface area contributed by atoms with Gasteiger partial charge < -0.3 is 0 Å². The molecule has 0 saturated carbocycles. The maximum absolute atomic E-state index is 11.1. The number of hydrogen-bond acceptors (Lipinski definition) is 2. The van der Waals surface area contributed by atoms with Crippen LogP contribution in [0.1, 0.15) is 17.6 Å². The van der Waals surface area contributed by atoms with Gasteiger partial charge in [-0.25, -0.2) is 4.98 Å². The summed E-state index contributed by atoms with van der Waals surface area (Å²) in [6.07, 6.45) is 5.92. The normalized spacial score (nSPS) is 9.91. The van der Waals surface area contributed by atoms with E-state index in [0.717, 1.165) is 6.42 Å². The predicted octanol–water partition coefficient (Wildman–Crippen LogP) is 1.54. The smallest absolute Gasteiger partial charge is 0.231 e. The third-order valence-electron chi connectivity index (χ3n) is 1.32. The summed E-state index contributed by atoms with van der Waals surface area (Å²) in [7, 11) is 0. The Bertz CT molecular complexity index is 220. The van der Waals surface area contributed by atoms with Gasteiger partial charge in [0.1, 0.15) is 6.33 Å². The number of nitrogens with zero attached hydrogens (tertiary/aromatic N) is 2. The van der Waals surface area contributed by atoms with Gasteiger partial charge in [-0.15, -0.1) is 11.6 Å². The van der Waals surface area contributed by atoms with Crippen molar-refractivity contribution in [2.75, 3.05) is 5.88 Å². The van der Waals surface area contributed by atoms with E-state index in [2.05, 4.69) is 4.98 Å². The fraction of sp³-hybridized carbons (Fsp3) is 0.429. The zero-order valence-electron chi connectivity index (χ0n) is 6.03. The van der Waals surface area contributed by atoms with E-state index < -0.39 is 0 Å². The molecule has 1 aromatic rings. The lowest BCUT2D eigenvalue weighted by Gasteiger charge is -1.97. The van der Waals surface area contributed by atoms with Gasteiger partial charge in [-0.2, -0.15) is 0 Å². The summed E-state index contributed by atoms with van der Waals surface area (Å²) in [4.78, 5) is 14.9. The summed E-state index contributed by atoms with van der Waals surface area (Å²) in [6.45, 7) is 0. The van der Waals surface area contributed by atoms with Crippen LogP contribution < -0.4 is 0 Å². The van der Waals surface area contributed by atoms with Gasteiger partial charge in [-0.1, -0.05) is 0 Å². The number of alkyl halides is 1. The van der Waals surface area contributed by atoms with E-state index in [0.29, 0.717) is 12.3 Å². The Balaban J connectivity index is 2.43. The molecule has 0 unspecified atom stereocenters. The van der Waals surface area contributed by atoms with Crippen LogP contribution in [0.15, 0.2) is 18.7 Å². The molecule has 0 fully saturated rings. The topological polar surface area (TPSA) is 34.9 Å². The molecule has 0 radical (unpaired) electrons. The minimum atomic E-state index is 0.0446. The predicted molar refractivity (Wildman–Crippen MR) is 42.8 cm³/mol. The molecule has 0 aliphatic heterocycles. The van der Waals surface area contributed by atoms with Crippen LogP contribution in [0.2, 0.25) is 0 Å². The molecule has 1 rings (SSSR count). The Kier molecular flexibility index (Phi) is 3.11. The first-order valence-electron chi connectivity index (χ1n) is 3.41.